The van der Waals surface area contributed by atoms with Crippen LogP contribution in [0.3, 0.4) is 0 Å². The first-order chi connectivity index (χ1) is 5.57. The summed E-state index contributed by atoms with van der Waals surface area (Å²) in [5.41, 5.74) is 1.88. The summed E-state index contributed by atoms with van der Waals surface area (Å²) in [6.07, 6.45) is 3.71. The van der Waals surface area contributed by atoms with Crippen molar-refractivity contribution in [3.8, 4) is 0 Å². The first kappa shape index (κ1) is 8.24. The van der Waals surface area contributed by atoms with Crippen LogP contribution in [0.5, 0.6) is 0 Å². The minimum absolute atomic E-state index is 0.506. The number of aryl methyl sites for hydroxylation is 2. The number of rotatable bonds is 0. The van der Waals surface area contributed by atoms with Gasteiger partial charge in [0.15, 0.2) is 0 Å². The van der Waals surface area contributed by atoms with E-state index in [0.717, 1.165) is 0 Å². The van der Waals surface area contributed by atoms with E-state index in [2.05, 4.69) is 25.8 Å². The Balaban J connectivity index is 2.34. The van der Waals surface area contributed by atoms with E-state index in [9.17, 15) is 0 Å². The first-order valence-electron chi connectivity index (χ1n) is 4.52. The molecule has 0 aliphatic heterocycles. The Morgan fingerprint density at radius 2 is 2.17 bits per heavy atom. The molecule has 0 saturated heterocycles. The fourth-order valence-corrected chi connectivity index (χ4v) is 3.07. The molecule has 0 saturated carbocycles. The lowest BCUT2D eigenvalue weighted by Gasteiger charge is -2.28. The number of nitrogens with zero attached hydrogens (tertiary/aromatic N) is 1. The van der Waals surface area contributed by atoms with E-state index in [4.69, 9.17) is 0 Å². The Hall–Kier alpha value is -0.370. The Morgan fingerprint density at radius 1 is 1.42 bits per heavy atom. The summed E-state index contributed by atoms with van der Waals surface area (Å²) >= 11 is 1.88. The van der Waals surface area contributed by atoms with Crippen LogP contribution in [-0.2, 0) is 12.8 Å². The summed E-state index contributed by atoms with van der Waals surface area (Å²) in [6, 6.07) is 0. The van der Waals surface area contributed by atoms with Crippen LogP contribution in [0, 0.1) is 12.3 Å². The number of fused-ring (bicyclic) bond motifs is 1. The third kappa shape index (κ3) is 1.40. The van der Waals surface area contributed by atoms with E-state index in [1.165, 1.54) is 34.8 Å². The Morgan fingerprint density at radius 3 is 2.92 bits per heavy atom. The van der Waals surface area contributed by atoms with E-state index >= 15 is 0 Å². The second kappa shape index (κ2) is 2.56. The molecule has 0 radical (unpaired) electrons. The van der Waals surface area contributed by atoms with Crippen molar-refractivity contribution < 1.29 is 0 Å². The molecule has 2 rings (SSSR count). The fraction of sp³-hybridized carbons (Fsp3) is 0.700. The van der Waals surface area contributed by atoms with Gasteiger partial charge in [-0.3, -0.25) is 0 Å². The first-order valence-corrected chi connectivity index (χ1v) is 5.34. The van der Waals surface area contributed by atoms with Gasteiger partial charge in [-0.2, -0.15) is 0 Å². The lowest BCUT2D eigenvalue weighted by molar-refractivity contribution is 0.316. The average molecular weight is 181 g/mol. The maximum atomic E-state index is 4.54. The lowest BCUT2D eigenvalue weighted by Crippen LogP contribution is -2.20. The van der Waals surface area contributed by atoms with Crippen molar-refractivity contribution in [1.29, 1.82) is 0 Å². The van der Waals surface area contributed by atoms with Crippen LogP contribution in [0.15, 0.2) is 0 Å². The minimum Gasteiger partial charge on any atom is -0.246 e. The van der Waals surface area contributed by atoms with Crippen LogP contribution >= 0.6 is 11.3 Å². The predicted molar refractivity (Wildman–Crippen MR) is 52.7 cm³/mol. The molecule has 1 aliphatic carbocycles. The van der Waals surface area contributed by atoms with Crippen molar-refractivity contribution >= 4 is 11.3 Å². The summed E-state index contributed by atoms with van der Waals surface area (Å²) < 4.78 is 0. The van der Waals surface area contributed by atoms with Gasteiger partial charge in [0.25, 0.3) is 0 Å². The van der Waals surface area contributed by atoms with E-state index < -0.39 is 0 Å². The second-order valence-electron chi connectivity index (χ2n) is 4.44. The van der Waals surface area contributed by atoms with Gasteiger partial charge in [-0.15, -0.1) is 11.3 Å². The molecule has 1 aliphatic rings. The number of hydrogen-bond donors (Lipinski definition) is 0. The van der Waals surface area contributed by atoms with Gasteiger partial charge in [-0.1, -0.05) is 13.8 Å². The molecule has 2 heteroatoms. The van der Waals surface area contributed by atoms with Crippen LogP contribution < -0.4 is 0 Å². The van der Waals surface area contributed by atoms with Gasteiger partial charge in [0.05, 0.1) is 10.7 Å². The second-order valence-corrected chi connectivity index (χ2v) is 5.73. The summed E-state index contributed by atoms with van der Waals surface area (Å²) in [5, 5.41) is 1.23. The zero-order valence-electron chi connectivity index (χ0n) is 7.98. The van der Waals surface area contributed by atoms with E-state index in [0.29, 0.717) is 5.41 Å². The third-order valence-corrected chi connectivity index (χ3v) is 3.58. The molecule has 12 heavy (non-hydrogen) atoms. The summed E-state index contributed by atoms with van der Waals surface area (Å²) in [6.45, 7) is 6.81. The van der Waals surface area contributed by atoms with Gasteiger partial charge in [0.1, 0.15) is 0 Å². The third-order valence-electron chi connectivity index (χ3n) is 2.56. The highest BCUT2D eigenvalue weighted by atomic mass is 32.1. The molecule has 0 bridgehead atoms. The topological polar surface area (TPSA) is 12.9 Å². The number of aromatic nitrogens is 1. The summed E-state index contributed by atoms with van der Waals surface area (Å²) in [7, 11) is 0. The van der Waals surface area contributed by atoms with E-state index in [1.54, 1.807) is 0 Å². The molecule has 1 nitrogen and oxygen atoms in total. The molecule has 66 valence electrons. The highest BCUT2D eigenvalue weighted by Crippen LogP contribution is 2.36. The summed E-state index contributed by atoms with van der Waals surface area (Å²) in [5.74, 6) is 0. The highest BCUT2D eigenvalue weighted by Gasteiger charge is 2.27. The van der Waals surface area contributed by atoms with Crippen molar-refractivity contribution in [2.45, 2.75) is 40.0 Å². The van der Waals surface area contributed by atoms with Gasteiger partial charge >= 0.3 is 0 Å². The van der Waals surface area contributed by atoms with Crippen LogP contribution in [0.2, 0.25) is 0 Å². The molecular weight excluding hydrogens is 166 g/mol. The normalized spacial score (nSPS) is 20.6. The average Bonchev–Trinajstić information content (AvgIpc) is 2.26. The predicted octanol–water partition coefficient (Wildman–Crippen LogP) is 2.97. The zero-order chi connectivity index (χ0) is 8.77. The molecule has 0 fully saturated rings. The van der Waals surface area contributed by atoms with Gasteiger partial charge < -0.3 is 0 Å². The largest absolute Gasteiger partial charge is 0.246 e. The smallest absolute Gasteiger partial charge is 0.0900 e. The fourth-order valence-electron chi connectivity index (χ4n) is 1.83. The lowest BCUT2D eigenvalue weighted by atomic mass is 9.79. The quantitative estimate of drug-likeness (QED) is 0.599. The maximum Gasteiger partial charge on any atom is 0.0900 e. The number of thiazole rings is 1. The van der Waals surface area contributed by atoms with Crippen LogP contribution in [0.4, 0.5) is 0 Å². The molecule has 0 spiro atoms. The van der Waals surface area contributed by atoms with E-state index in [-0.39, 0.29) is 0 Å². The zero-order valence-corrected chi connectivity index (χ0v) is 8.79. The molecule has 1 aromatic heterocycles. The maximum absolute atomic E-state index is 4.54. The van der Waals surface area contributed by atoms with Gasteiger partial charge in [-0.25, -0.2) is 4.98 Å². The Bertz CT molecular complexity index is 299. The van der Waals surface area contributed by atoms with Crippen molar-refractivity contribution in [1.82, 2.24) is 4.98 Å². The van der Waals surface area contributed by atoms with Gasteiger partial charge in [0, 0.05) is 4.88 Å². The molecule has 1 heterocycles. The van der Waals surface area contributed by atoms with Crippen molar-refractivity contribution in [3.05, 3.63) is 15.6 Å². The molecule has 1 aromatic rings. The van der Waals surface area contributed by atoms with Crippen molar-refractivity contribution in [2.24, 2.45) is 5.41 Å². The van der Waals surface area contributed by atoms with Gasteiger partial charge in [-0.05, 0) is 31.6 Å². The molecule has 0 N–H and O–H groups in total. The van der Waals surface area contributed by atoms with Crippen molar-refractivity contribution in [3.63, 3.8) is 0 Å². The molecular formula is C10H15NS. The monoisotopic (exact) mass is 181 g/mol. The number of hydrogen-bond acceptors (Lipinski definition) is 2. The van der Waals surface area contributed by atoms with Crippen LogP contribution in [0.25, 0.3) is 0 Å². The van der Waals surface area contributed by atoms with Gasteiger partial charge in [0.2, 0.25) is 0 Å². The Labute approximate surface area is 77.8 Å². The van der Waals surface area contributed by atoms with Crippen molar-refractivity contribution in [2.75, 3.05) is 0 Å². The SMILES string of the molecule is Cc1nc2c(s1)CC(C)(C)CC2. The molecule has 0 unspecified atom stereocenters. The van der Waals surface area contributed by atoms with E-state index in [1.807, 2.05) is 11.3 Å². The minimum atomic E-state index is 0.506. The standard InChI is InChI=1S/C10H15NS/c1-7-11-8-4-5-10(2,3)6-9(8)12-7/h4-6H2,1-3H3. The highest BCUT2D eigenvalue weighted by molar-refractivity contribution is 7.11. The van der Waals surface area contributed by atoms with Crippen LogP contribution in [-0.4, -0.2) is 4.98 Å². The summed E-state index contributed by atoms with van der Waals surface area (Å²) in [4.78, 5) is 6.07. The van der Waals surface area contributed by atoms with Crippen LogP contribution in [0.1, 0.15) is 35.8 Å². The molecule has 0 atom stereocenters. The molecule has 0 aromatic carbocycles. The molecule has 0 amide bonds. The Kier molecular flexibility index (Phi) is 1.76.